The maximum absolute atomic E-state index is 9.00. The second-order valence-corrected chi connectivity index (χ2v) is 2.91. The van der Waals surface area contributed by atoms with Crippen molar-refractivity contribution in [3.05, 3.63) is 47.7 Å². The molecule has 1 unspecified atom stereocenters. The van der Waals surface area contributed by atoms with Crippen LogP contribution in [-0.4, -0.2) is 5.11 Å². The van der Waals surface area contributed by atoms with Crippen LogP contribution < -0.4 is 5.73 Å². The van der Waals surface area contributed by atoms with Gasteiger partial charge in [0.25, 0.3) is 0 Å². The minimum absolute atomic E-state index is 0.188. The minimum atomic E-state index is -0.188. The number of rotatable bonds is 3. The van der Waals surface area contributed by atoms with E-state index in [4.69, 9.17) is 10.8 Å². The van der Waals surface area contributed by atoms with Gasteiger partial charge in [-0.1, -0.05) is 39.2 Å². The van der Waals surface area contributed by atoms with Crippen molar-refractivity contribution < 1.29 is 5.11 Å². The summed E-state index contributed by atoms with van der Waals surface area (Å²) in [6.07, 6.45) is 3.29. The molecule has 0 saturated heterocycles. The van der Waals surface area contributed by atoms with Crippen LogP contribution in [0.5, 0.6) is 0 Å². The maximum atomic E-state index is 9.00. The highest BCUT2D eigenvalue weighted by Gasteiger charge is 2.02. The average Bonchev–Trinajstić information content (AvgIpc) is 2.21. The average molecular weight is 213 g/mol. The first-order valence-corrected chi connectivity index (χ1v) is 5.02. The van der Waals surface area contributed by atoms with E-state index in [0.717, 1.165) is 10.9 Å². The number of hydrogen-bond donors (Lipinski definition) is 2. The SMILES string of the molecule is C=C/C(P)=C(C=C)\C(C)=C(/N)O.CC. The Labute approximate surface area is 89.1 Å². The van der Waals surface area contributed by atoms with E-state index < -0.39 is 0 Å². The molecule has 0 aliphatic heterocycles. The van der Waals surface area contributed by atoms with Gasteiger partial charge in [0.05, 0.1) is 0 Å². The summed E-state index contributed by atoms with van der Waals surface area (Å²) < 4.78 is 0. The lowest BCUT2D eigenvalue weighted by Gasteiger charge is -2.05. The highest BCUT2D eigenvalue weighted by molar-refractivity contribution is 7.23. The molecule has 2 nitrogen and oxygen atoms in total. The lowest BCUT2D eigenvalue weighted by Crippen LogP contribution is -2.00. The van der Waals surface area contributed by atoms with Crippen LogP contribution in [0.25, 0.3) is 0 Å². The van der Waals surface area contributed by atoms with Crippen LogP contribution in [0.2, 0.25) is 0 Å². The van der Waals surface area contributed by atoms with Crippen molar-refractivity contribution in [1.29, 1.82) is 0 Å². The standard InChI is InChI=1S/C9H14NOP.C2H6/c1-4-7(8(12)5-2)6(3)9(10)11;1-2/h4-5,11H,1-2,10,12H2,3H3;1-2H3/b8-7+,9-6+;. The van der Waals surface area contributed by atoms with Crippen molar-refractivity contribution >= 4 is 9.24 Å². The fourth-order valence-electron chi connectivity index (χ4n) is 0.735. The smallest absolute Gasteiger partial charge is 0.185 e. The molecule has 0 aliphatic carbocycles. The van der Waals surface area contributed by atoms with E-state index in [-0.39, 0.29) is 5.88 Å². The summed E-state index contributed by atoms with van der Waals surface area (Å²) in [6.45, 7) is 12.9. The molecule has 3 heteroatoms. The van der Waals surface area contributed by atoms with Crippen molar-refractivity contribution in [3.8, 4) is 0 Å². The van der Waals surface area contributed by atoms with Gasteiger partial charge in [-0.3, -0.25) is 0 Å². The summed E-state index contributed by atoms with van der Waals surface area (Å²) in [5.74, 6) is -0.188. The summed E-state index contributed by atoms with van der Waals surface area (Å²) in [6, 6.07) is 0. The molecule has 0 aromatic heterocycles. The summed E-state index contributed by atoms with van der Waals surface area (Å²) in [4.78, 5) is 0. The molecule has 0 rings (SSSR count). The van der Waals surface area contributed by atoms with Crippen LogP contribution >= 0.6 is 9.24 Å². The number of aliphatic hydroxyl groups excluding tert-OH is 1. The van der Waals surface area contributed by atoms with E-state index in [1.807, 2.05) is 13.8 Å². The third-order valence-electron chi connectivity index (χ3n) is 1.52. The van der Waals surface area contributed by atoms with Gasteiger partial charge >= 0.3 is 0 Å². The van der Waals surface area contributed by atoms with Gasteiger partial charge in [-0.25, -0.2) is 0 Å². The maximum Gasteiger partial charge on any atom is 0.185 e. The van der Waals surface area contributed by atoms with Gasteiger partial charge in [0.1, 0.15) is 0 Å². The first kappa shape index (κ1) is 15.5. The predicted molar refractivity (Wildman–Crippen MR) is 68.0 cm³/mol. The Kier molecular flexibility index (Phi) is 9.48. The monoisotopic (exact) mass is 213 g/mol. The molecule has 3 N–H and O–H groups in total. The zero-order valence-corrected chi connectivity index (χ0v) is 10.3. The zero-order chi connectivity index (χ0) is 11.7. The highest BCUT2D eigenvalue weighted by Crippen LogP contribution is 2.21. The molecule has 0 bridgehead atoms. The van der Waals surface area contributed by atoms with Crippen LogP contribution in [0.3, 0.4) is 0 Å². The quantitative estimate of drug-likeness (QED) is 0.429. The molecule has 0 aromatic rings. The molecule has 0 aromatic carbocycles. The van der Waals surface area contributed by atoms with Gasteiger partial charge in [0, 0.05) is 5.57 Å². The lowest BCUT2D eigenvalue weighted by molar-refractivity contribution is 0.400. The van der Waals surface area contributed by atoms with Crippen molar-refractivity contribution in [2.45, 2.75) is 20.8 Å². The molecule has 1 atom stereocenters. The van der Waals surface area contributed by atoms with Crippen LogP contribution in [0.1, 0.15) is 20.8 Å². The number of aliphatic hydroxyl groups is 1. The molecule has 0 spiro atoms. The molecular formula is C11H20NOP. The number of hydrogen-bond acceptors (Lipinski definition) is 2. The fraction of sp³-hybridized carbons (Fsp3) is 0.273. The van der Waals surface area contributed by atoms with Crippen LogP contribution in [0, 0.1) is 0 Å². The van der Waals surface area contributed by atoms with E-state index >= 15 is 0 Å². The van der Waals surface area contributed by atoms with Crippen LogP contribution in [-0.2, 0) is 0 Å². The Morgan fingerprint density at radius 1 is 1.29 bits per heavy atom. The van der Waals surface area contributed by atoms with E-state index in [1.165, 1.54) is 0 Å². The third kappa shape index (κ3) is 4.88. The normalized spacial score (nSPS) is 12.9. The van der Waals surface area contributed by atoms with E-state index in [1.54, 1.807) is 19.1 Å². The first-order chi connectivity index (χ1) is 6.54. The summed E-state index contributed by atoms with van der Waals surface area (Å²) in [7, 11) is 2.50. The Morgan fingerprint density at radius 3 is 1.93 bits per heavy atom. The Balaban J connectivity index is 0. The summed E-state index contributed by atoms with van der Waals surface area (Å²) in [5, 5.41) is 9.86. The topological polar surface area (TPSA) is 46.2 Å². The Morgan fingerprint density at radius 2 is 1.71 bits per heavy atom. The molecular weight excluding hydrogens is 193 g/mol. The minimum Gasteiger partial charge on any atom is -0.495 e. The van der Waals surface area contributed by atoms with Crippen LogP contribution in [0.4, 0.5) is 0 Å². The van der Waals surface area contributed by atoms with Crippen molar-refractivity contribution in [3.63, 3.8) is 0 Å². The number of nitrogens with two attached hydrogens (primary N) is 1. The summed E-state index contributed by atoms with van der Waals surface area (Å²) in [5.41, 5.74) is 6.61. The molecule has 0 amide bonds. The fourth-order valence-corrected chi connectivity index (χ4v) is 1.07. The first-order valence-electron chi connectivity index (χ1n) is 4.44. The molecule has 14 heavy (non-hydrogen) atoms. The van der Waals surface area contributed by atoms with Crippen molar-refractivity contribution in [2.75, 3.05) is 0 Å². The molecule has 0 heterocycles. The van der Waals surface area contributed by atoms with Crippen LogP contribution in [0.15, 0.2) is 47.7 Å². The van der Waals surface area contributed by atoms with Gasteiger partial charge in [-0.15, -0.1) is 9.24 Å². The van der Waals surface area contributed by atoms with Gasteiger partial charge in [0.2, 0.25) is 0 Å². The summed E-state index contributed by atoms with van der Waals surface area (Å²) >= 11 is 0. The zero-order valence-electron chi connectivity index (χ0n) is 9.17. The van der Waals surface area contributed by atoms with Gasteiger partial charge < -0.3 is 10.8 Å². The molecule has 0 aliphatic rings. The molecule has 0 radical (unpaired) electrons. The number of allylic oxidation sites excluding steroid dienone is 5. The van der Waals surface area contributed by atoms with Crippen molar-refractivity contribution in [2.24, 2.45) is 5.73 Å². The van der Waals surface area contributed by atoms with E-state index in [0.29, 0.717) is 5.57 Å². The largest absolute Gasteiger partial charge is 0.495 e. The van der Waals surface area contributed by atoms with Crippen molar-refractivity contribution in [1.82, 2.24) is 0 Å². The lowest BCUT2D eigenvalue weighted by atomic mass is 10.1. The van der Waals surface area contributed by atoms with E-state index in [9.17, 15) is 0 Å². The third-order valence-corrected chi connectivity index (χ3v) is 2.07. The predicted octanol–water partition coefficient (Wildman–Crippen LogP) is 3.26. The molecule has 0 saturated carbocycles. The van der Waals surface area contributed by atoms with E-state index in [2.05, 4.69) is 22.4 Å². The Hall–Kier alpha value is -1.01. The van der Waals surface area contributed by atoms with Gasteiger partial charge in [-0.2, -0.15) is 0 Å². The second kappa shape index (κ2) is 8.58. The van der Waals surface area contributed by atoms with Gasteiger partial charge in [0.15, 0.2) is 5.88 Å². The second-order valence-electron chi connectivity index (χ2n) is 2.29. The molecule has 80 valence electrons. The Bertz CT molecular complexity index is 260. The molecule has 0 fully saturated rings. The highest BCUT2D eigenvalue weighted by atomic mass is 31.0. The van der Waals surface area contributed by atoms with Gasteiger partial charge in [-0.05, 0) is 17.8 Å².